The number of hydrazine groups is 1. The maximum atomic E-state index is 6.16. The monoisotopic (exact) mass is 310 g/mol. The number of nitrogens with one attached hydrogen (secondary N) is 1. The quantitative estimate of drug-likeness (QED) is 0.663. The highest BCUT2D eigenvalue weighted by atomic mass is 32.1. The molecule has 21 heavy (non-hydrogen) atoms. The predicted octanol–water partition coefficient (Wildman–Crippen LogP) is 2.79. The Hall–Kier alpha value is -0.460. The Bertz CT molecular complexity index is 451. The summed E-state index contributed by atoms with van der Waals surface area (Å²) in [7, 11) is 0. The number of aryl methyl sites for hydroxylation is 1. The van der Waals surface area contributed by atoms with E-state index in [1.54, 1.807) is 0 Å². The Labute approximate surface area is 131 Å². The summed E-state index contributed by atoms with van der Waals surface area (Å²) in [4.78, 5) is 1.41. The van der Waals surface area contributed by atoms with Gasteiger partial charge in [0.15, 0.2) is 0 Å². The first-order chi connectivity index (χ1) is 10.3. The molecule has 2 atom stereocenters. The Morgan fingerprint density at radius 2 is 2.24 bits per heavy atom. The Balaban J connectivity index is 1.77. The average Bonchev–Trinajstić information content (AvgIpc) is 2.97. The molecule has 0 bridgehead atoms. The summed E-state index contributed by atoms with van der Waals surface area (Å²) in [6.45, 7) is 4.71. The Kier molecular flexibility index (Phi) is 4.96. The third kappa shape index (κ3) is 3.17. The van der Waals surface area contributed by atoms with Crippen LogP contribution in [-0.4, -0.2) is 25.4 Å². The average molecular weight is 310 g/mol. The van der Waals surface area contributed by atoms with Gasteiger partial charge in [0.25, 0.3) is 0 Å². The number of hydrogen-bond acceptors (Lipinski definition) is 5. The fourth-order valence-electron chi connectivity index (χ4n) is 3.78. The first-order valence-electron chi connectivity index (χ1n) is 8.02. The normalized spacial score (nSPS) is 26.9. The van der Waals surface area contributed by atoms with Gasteiger partial charge in [0.1, 0.15) is 0 Å². The molecular formula is C16H26N2O2S. The van der Waals surface area contributed by atoms with E-state index in [1.807, 2.05) is 11.3 Å². The number of thiophene rings is 1. The number of rotatable bonds is 4. The van der Waals surface area contributed by atoms with Gasteiger partial charge in [-0.3, -0.25) is 11.3 Å². The van der Waals surface area contributed by atoms with Crippen LogP contribution in [0, 0.1) is 5.92 Å². The lowest BCUT2D eigenvalue weighted by Gasteiger charge is -2.45. The van der Waals surface area contributed by atoms with Gasteiger partial charge in [-0.25, -0.2) is 0 Å². The van der Waals surface area contributed by atoms with Gasteiger partial charge in [0.05, 0.1) is 11.6 Å². The lowest BCUT2D eigenvalue weighted by Crippen LogP contribution is -2.47. The highest BCUT2D eigenvalue weighted by molar-refractivity contribution is 7.10. The molecule has 4 nitrogen and oxygen atoms in total. The van der Waals surface area contributed by atoms with Crippen molar-refractivity contribution in [2.75, 3.05) is 19.8 Å². The molecule has 0 radical (unpaired) electrons. The van der Waals surface area contributed by atoms with Crippen molar-refractivity contribution in [1.82, 2.24) is 5.43 Å². The van der Waals surface area contributed by atoms with Gasteiger partial charge in [-0.1, -0.05) is 6.92 Å². The van der Waals surface area contributed by atoms with Crippen molar-refractivity contribution in [3.63, 3.8) is 0 Å². The van der Waals surface area contributed by atoms with E-state index in [4.69, 9.17) is 15.3 Å². The Morgan fingerprint density at radius 1 is 1.43 bits per heavy atom. The number of ether oxygens (including phenoxy) is 2. The molecule has 3 rings (SSSR count). The van der Waals surface area contributed by atoms with E-state index in [0.717, 1.165) is 51.9 Å². The fraction of sp³-hybridized carbons (Fsp3) is 0.750. The van der Waals surface area contributed by atoms with Crippen LogP contribution >= 0.6 is 11.3 Å². The van der Waals surface area contributed by atoms with Gasteiger partial charge in [-0.2, -0.15) is 0 Å². The first-order valence-corrected chi connectivity index (χ1v) is 8.90. The largest absolute Gasteiger partial charge is 0.381 e. The van der Waals surface area contributed by atoms with E-state index in [9.17, 15) is 0 Å². The van der Waals surface area contributed by atoms with Gasteiger partial charge in [0, 0.05) is 24.7 Å². The number of hydrogen-bond donors (Lipinski definition) is 2. The van der Waals surface area contributed by atoms with Crippen molar-refractivity contribution < 1.29 is 9.47 Å². The first kappa shape index (κ1) is 15.4. The maximum Gasteiger partial charge on any atom is 0.0729 e. The summed E-state index contributed by atoms with van der Waals surface area (Å²) in [5, 5.41) is 2.18. The molecule has 1 spiro atoms. The van der Waals surface area contributed by atoms with E-state index < -0.39 is 0 Å². The molecule has 2 fully saturated rings. The second-order valence-corrected chi connectivity index (χ2v) is 7.15. The van der Waals surface area contributed by atoms with Crippen LogP contribution < -0.4 is 11.3 Å². The third-order valence-electron chi connectivity index (χ3n) is 5.03. The van der Waals surface area contributed by atoms with Crippen LogP contribution in [0.1, 0.15) is 49.1 Å². The smallest absolute Gasteiger partial charge is 0.0729 e. The van der Waals surface area contributed by atoms with Crippen LogP contribution in [0.2, 0.25) is 0 Å². The highest BCUT2D eigenvalue weighted by Crippen LogP contribution is 2.43. The van der Waals surface area contributed by atoms with Crippen LogP contribution in [0.4, 0.5) is 0 Å². The van der Waals surface area contributed by atoms with Crippen LogP contribution in [0.25, 0.3) is 0 Å². The summed E-state index contributed by atoms with van der Waals surface area (Å²) in [5.74, 6) is 6.47. The fourth-order valence-corrected chi connectivity index (χ4v) is 4.93. The number of nitrogens with two attached hydrogens (primary N) is 1. The molecule has 1 aromatic heterocycles. The molecule has 3 N–H and O–H groups in total. The molecule has 1 aromatic rings. The van der Waals surface area contributed by atoms with Crippen LogP contribution in [0.5, 0.6) is 0 Å². The zero-order valence-electron chi connectivity index (χ0n) is 12.8. The molecule has 0 saturated carbocycles. The molecule has 5 heteroatoms. The van der Waals surface area contributed by atoms with E-state index in [2.05, 4.69) is 23.8 Å². The molecule has 118 valence electrons. The van der Waals surface area contributed by atoms with E-state index in [-0.39, 0.29) is 11.6 Å². The van der Waals surface area contributed by atoms with Crippen LogP contribution in [0.3, 0.4) is 0 Å². The third-order valence-corrected chi connectivity index (χ3v) is 6.07. The molecule has 0 aliphatic carbocycles. The molecule has 2 unspecified atom stereocenters. The predicted molar refractivity (Wildman–Crippen MR) is 85.2 cm³/mol. The molecule has 0 aromatic carbocycles. The standard InChI is InChI=1S/C16H26N2O2S/c1-2-12-4-10-21-15(12)14(18-17)13-3-7-20-16(11-13)5-8-19-9-6-16/h4,10,13-14,18H,2-3,5-9,11,17H2,1H3. The molecule has 2 saturated heterocycles. The zero-order chi connectivity index (χ0) is 14.7. The van der Waals surface area contributed by atoms with Crippen molar-refractivity contribution >= 4 is 11.3 Å². The Morgan fingerprint density at radius 3 is 2.95 bits per heavy atom. The minimum atomic E-state index is 0.0277. The van der Waals surface area contributed by atoms with Gasteiger partial charge < -0.3 is 9.47 Å². The minimum absolute atomic E-state index is 0.0277. The maximum absolute atomic E-state index is 6.16. The lowest BCUT2D eigenvalue weighted by molar-refractivity contribution is -0.150. The topological polar surface area (TPSA) is 56.5 Å². The van der Waals surface area contributed by atoms with Gasteiger partial charge in [-0.15, -0.1) is 11.3 Å². The van der Waals surface area contributed by atoms with E-state index in [0.29, 0.717) is 5.92 Å². The molecule has 0 amide bonds. The minimum Gasteiger partial charge on any atom is -0.381 e. The second-order valence-electron chi connectivity index (χ2n) is 6.20. The van der Waals surface area contributed by atoms with E-state index in [1.165, 1.54) is 10.4 Å². The van der Waals surface area contributed by atoms with Crippen molar-refractivity contribution in [2.45, 2.75) is 50.7 Å². The lowest BCUT2D eigenvalue weighted by atomic mass is 9.77. The zero-order valence-corrected chi connectivity index (χ0v) is 13.6. The molecule has 2 aliphatic rings. The summed E-state index contributed by atoms with van der Waals surface area (Å²) in [6, 6.07) is 2.48. The summed E-state index contributed by atoms with van der Waals surface area (Å²) < 4.78 is 11.7. The van der Waals surface area contributed by atoms with Gasteiger partial charge in [-0.05, 0) is 55.0 Å². The van der Waals surface area contributed by atoms with Gasteiger partial charge in [0.2, 0.25) is 0 Å². The van der Waals surface area contributed by atoms with Crippen LogP contribution in [-0.2, 0) is 15.9 Å². The van der Waals surface area contributed by atoms with E-state index >= 15 is 0 Å². The summed E-state index contributed by atoms with van der Waals surface area (Å²) >= 11 is 1.83. The molecule has 2 aliphatic heterocycles. The summed E-state index contributed by atoms with van der Waals surface area (Å²) in [5.41, 5.74) is 4.55. The van der Waals surface area contributed by atoms with Crippen molar-refractivity contribution in [3.05, 3.63) is 21.9 Å². The van der Waals surface area contributed by atoms with Crippen LogP contribution in [0.15, 0.2) is 11.4 Å². The van der Waals surface area contributed by atoms with Gasteiger partial charge >= 0.3 is 0 Å². The molecule has 3 heterocycles. The van der Waals surface area contributed by atoms with Crippen molar-refractivity contribution in [3.8, 4) is 0 Å². The second kappa shape index (κ2) is 6.75. The highest BCUT2D eigenvalue weighted by Gasteiger charge is 2.41. The SMILES string of the molecule is CCc1ccsc1C(NN)C1CCOC2(CCOCC2)C1. The summed E-state index contributed by atoms with van der Waals surface area (Å²) in [6.07, 6.45) is 5.28. The van der Waals surface area contributed by atoms with Crippen molar-refractivity contribution in [1.29, 1.82) is 0 Å². The van der Waals surface area contributed by atoms with Crippen molar-refractivity contribution in [2.24, 2.45) is 11.8 Å². The molecular weight excluding hydrogens is 284 g/mol.